The SMILES string of the molecule is CCCC(CC)NS(=O)(=O)Cc1cccc(CN)c1. The maximum Gasteiger partial charge on any atom is 0.216 e. The van der Waals surface area contributed by atoms with Gasteiger partial charge in [0.1, 0.15) is 0 Å². The number of nitrogens with two attached hydrogens (primary N) is 1. The summed E-state index contributed by atoms with van der Waals surface area (Å²) in [4.78, 5) is 0. The minimum absolute atomic E-state index is 0.0149. The van der Waals surface area contributed by atoms with Crippen LogP contribution in [0.15, 0.2) is 24.3 Å². The molecule has 19 heavy (non-hydrogen) atoms. The third kappa shape index (κ3) is 5.72. The number of sulfonamides is 1. The van der Waals surface area contributed by atoms with E-state index in [-0.39, 0.29) is 11.8 Å². The van der Waals surface area contributed by atoms with Crippen LogP contribution in [0.1, 0.15) is 44.2 Å². The van der Waals surface area contributed by atoms with Crippen LogP contribution in [0.3, 0.4) is 0 Å². The molecule has 0 spiro atoms. The number of hydrogen-bond acceptors (Lipinski definition) is 3. The van der Waals surface area contributed by atoms with Crippen LogP contribution < -0.4 is 10.5 Å². The van der Waals surface area contributed by atoms with Crippen molar-refractivity contribution in [3.05, 3.63) is 35.4 Å². The second kappa shape index (κ2) is 7.62. The van der Waals surface area contributed by atoms with Gasteiger partial charge in [-0.1, -0.05) is 44.5 Å². The van der Waals surface area contributed by atoms with Gasteiger partial charge in [-0.15, -0.1) is 0 Å². The molecule has 0 aliphatic rings. The molecule has 0 heterocycles. The van der Waals surface area contributed by atoms with Gasteiger partial charge in [0.2, 0.25) is 10.0 Å². The fourth-order valence-electron chi connectivity index (χ4n) is 2.06. The molecule has 0 saturated carbocycles. The van der Waals surface area contributed by atoms with E-state index < -0.39 is 10.0 Å². The van der Waals surface area contributed by atoms with Gasteiger partial charge in [0, 0.05) is 12.6 Å². The first-order chi connectivity index (χ1) is 9.00. The van der Waals surface area contributed by atoms with Gasteiger partial charge >= 0.3 is 0 Å². The summed E-state index contributed by atoms with van der Waals surface area (Å²) in [6.07, 6.45) is 2.66. The van der Waals surface area contributed by atoms with Crippen LogP contribution in [0.25, 0.3) is 0 Å². The molecule has 1 aromatic carbocycles. The van der Waals surface area contributed by atoms with E-state index in [0.717, 1.165) is 30.4 Å². The Balaban J connectivity index is 2.72. The maximum absolute atomic E-state index is 12.1. The van der Waals surface area contributed by atoms with Crippen molar-refractivity contribution in [2.45, 2.75) is 51.4 Å². The van der Waals surface area contributed by atoms with Crippen molar-refractivity contribution in [1.29, 1.82) is 0 Å². The van der Waals surface area contributed by atoms with Gasteiger partial charge < -0.3 is 5.73 Å². The van der Waals surface area contributed by atoms with E-state index in [1.807, 2.05) is 31.2 Å². The fraction of sp³-hybridized carbons (Fsp3) is 0.571. The molecule has 0 fully saturated rings. The molecule has 0 bridgehead atoms. The summed E-state index contributed by atoms with van der Waals surface area (Å²) < 4.78 is 27.0. The number of rotatable bonds is 8. The van der Waals surface area contributed by atoms with Crippen molar-refractivity contribution >= 4 is 10.0 Å². The summed E-state index contributed by atoms with van der Waals surface area (Å²) in [5.74, 6) is 0.0149. The van der Waals surface area contributed by atoms with Gasteiger partial charge in [-0.05, 0) is 24.0 Å². The van der Waals surface area contributed by atoms with Gasteiger partial charge in [-0.25, -0.2) is 13.1 Å². The molecule has 0 aliphatic heterocycles. The highest BCUT2D eigenvalue weighted by atomic mass is 32.2. The zero-order valence-electron chi connectivity index (χ0n) is 11.7. The summed E-state index contributed by atoms with van der Waals surface area (Å²) in [5.41, 5.74) is 7.29. The van der Waals surface area contributed by atoms with Crippen LogP contribution in [0.4, 0.5) is 0 Å². The van der Waals surface area contributed by atoms with Crippen molar-refractivity contribution in [3.8, 4) is 0 Å². The molecule has 1 rings (SSSR count). The number of hydrogen-bond donors (Lipinski definition) is 2. The van der Waals surface area contributed by atoms with Gasteiger partial charge in [-0.2, -0.15) is 0 Å². The van der Waals surface area contributed by atoms with E-state index in [0.29, 0.717) is 6.54 Å². The van der Waals surface area contributed by atoms with E-state index in [4.69, 9.17) is 5.73 Å². The Morgan fingerprint density at radius 1 is 1.26 bits per heavy atom. The van der Waals surface area contributed by atoms with E-state index in [2.05, 4.69) is 11.6 Å². The molecule has 0 saturated heterocycles. The van der Waals surface area contributed by atoms with Gasteiger partial charge in [0.05, 0.1) is 5.75 Å². The second-order valence-corrected chi connectivity index (χ2v) is 6.55. The van der Waals surface area contributed by atoms with Crippen molar-refractivity contribution in [2.75, 3.05) is 0 Å². The largest absolute Gasteiger partial charge is 0.326 e. The highest BCUT2D eigenvalue weighted by molar-refractivity contribution is 7.88. The van der Waals surface area contributed by atoms with Crippen LogP contribution in [0.5, 0.6) is 0 Å². The monoisotopic (exact) mass is 284 g/mol. The Kier molecular flexibility index (Phi) is 6.48. The molecule has 1 unspecified atom stereocenters. The number of benzene rings is 1. The minimum Gasteiger partial charge on any atom is -0.326 e. The number of nitrogens with one attached hydrogen (secondary N) is 1. The molecule has 3 N–H and O–H groups in total. The highest BCUT2D eigenvalue weighted by Gasteiger charge is 2.16. The summed E-state index contributed by atoms with van der Waals surface area (Å²) in [6.45, 7) is 4.48. The quantitative estimate of drug-likeness (QED) is 0.768. The normalized spacial score (nSPS) is 13.4. The lowest BCUT2D eigenvalue weighted by Crippen LogP contribution is -2.35. The molecule has 5 heteroatoms. The van der Waals surface area contributed by atoms with Gasteiger partial charge in [0.25, 0.3) is 0 Å². The van der Waals surface area contributed by atoms with Crippen LogP contribution in [-0.4, -0.2) is 14.5 Å². The minimum atomic E-state index is -3.28. The predicted octanol–water partition coefficient (Wildman–Crippen LogP) is 2.14. The van der Waals surface area contributed by atoms with E-state index in [1.54, 1.807) is 0 Å². The lowest BCUT2D eigenvalue weighted by Gasteiger charge is -2.16. The van der Waals surface area contributed by atoms with Crippen LogP contribution in [0, 0.1) is 0 Å². The Bertz CT molecular complexity index is 486. The second-order valence-electron chi connectivity index (χ2n) is 4.79. The fourth-order valence-corrected chi connectivity index (χ4v) is 3.55. The van der Waals surface area contributed by atoms with Crippen LogP contribution in [0.2, 0.25) is 0 Å². The van der Waals surface area contributed by atoms with Crippen LogP contribution >= 0.6 is 0 Å². The zero-order chi connectivity index (χ0) is 14.3. The van der Waals surface area contributed by atoms with Crippen molar-refractivity contribution in [2.24, 2.45) is 5.73 Å². The molecule has 0 amide bonds. The first-order valence-electron chi connectivity index (χ1n) is 6.78. The van der Waals surface area contributed by atoms with Crippen molar-refractivity contribution < 1.29 is 8.42 Å². The summed E-state index contributed by atoms with van der Waals surface area (Å²) in [7, 11) is -3.28. The summed E-state index contributed by atoms with van der Waals surface area (Å²) >= 11 is 0. The van der Waals surface area contributed by atoms with Crippen LogP contribution in [-0.2, 0) is 22.3 Å². The first kappa shape index (κ1) is 16.1. The van der Waals surface area contributed by atoms with E-state index in [1.165, 1.54) is 0 Å². The summed E-state index contributed by atoms with van der Waals surface area (Å²) in [6, 6.07) is 7.44. The molecule has 1 atom stereocenters. The maximum atomic E-state index is 12.1. The molecule has 4 nitrogen and oxygen atoms in total. The lowest BCUT2D eigenvalue weighted by atomic mass is 10.1. The smallest absolute Gasteiger partial charge is 0.216 e. The topological polar surface area (TPSA) is 72.2 Å². The molecular formula is C14H24N2O2S. The van der Waals surface area contributed by atoms with Gasteiger partial charge in [0.15, 0.2) is 0 Å². The Labute approximate surface area is 116 Å². The predicted molar refractivity (Wildman–Crippen MR) is 79.1 cm³/mol. The summed E-state index contributed by atoms with van der Waals surface area (Å²) in [5, 5.41) is 0. The third-order valence-electron chi connectivity index (χ3n) is 3.06. The zero-order valence-corrected chi connectivity index (χ0v) is 12.5. The lowest BCUT2D eigenvalue weighted by molar-refractivity contribution is 0.512. The third-order valence-corrected chi connectivity index (χ3v) is 4.47. The average molecular weight is 284 g/mol. The highest BCUT2D eigenvalue weighted by Crippen LogP contribution is 2.10. The Morgan fingerprint density at radius 2 is 1.95 bits per heavy atom. The molecule has 0 radical (unpaired) electrons. The first-order valence-corrected chi connectivity index (χ1v) is 8.43. The standard InChI is InChI=1S/C14H24N2O2S/c1-3-6-14(4-2)16-19(17,18)11-13-8-5-7-12(9-13)10-15/h5,7-9,14,16H,3-4,6,10-11,15H2,1-2H3. The molecule has 1 aromatic rings. The molecule has 0 aromatic heterocycles. The van der Waals surface area contributed by atoms with E-state index in [9.17, 15) is 8.42 Å². The van der Waals surface area contributed by atoms with Crippen molar-refractivity contribution in [1.82, 2.24) is 4.72 Å². The van der Waals surface area contributed by atoms with Gasteiger partial charge in [-0.3, -0.25) is 0 Å². The Morgan fingerprint density at radius 3 is 2.53 bits per heavy atom. The molecule has 0 aliphatic carbocycles. The van der Waals surface area contributed by atoms with E-state index >= 15 is 0 Å². The molecular weight excluding hydrogens is 260 g/mol. The Hall–Kier alpha value is -0.910. The molecule has 108 valence electrons. The average Bonchev–Trinajstić information content (AvgIpc) is 2.37. The van der Waals surface area contributed by atoms with Crippen molar-refractivity contribution in [3.63, 3.8) is 0 Å².